The van der Waals surface area contributed by atoms with Crippen LogP contribution in [0.5, 0.6) is 11.5 Å². The number of methoxy groups -OCH3 is 1. The van der Waals surface area contributed by atoms with E-state index in [2.05, 4.69) is 50.2 Å². The molecule has 3 aromatic carbocycles. The van der Waals surface area contributed by atoms with E-state index in [9.17, 15) is 14.9 Å². The molecule has 0 bridgehead atoms. The maximum Gasteiger partial charge on any atom is 0.363 e. The lowest BCUT2D eigenvalue weighted by Crippen LogP contribution is -2.08. The van der Waals surface area contributed by atoms with Crippen LogP contribution >= 0.6 is 45.2 Å². The van der Waals surface area contributed by atoms with Crippen molar-refractivity contribution in [2.24, 2.45) is 4.99 Å². The molecule has 0 N–H and O–H groups in total. The molecule has 3 aromatic rings. The number of hydrogen-bond acceptors (Lipinski definition) is 7. The molecule has 4 rings (SSSR count). The van der Waals surface area contributed by atoms with Crippen LogP contribution in [0.1, 0.15) is 22.3 Å². The topological polar surface area (TPSA) is 100 Å². The predicted octanol–water partition coefficient (Wildman–Crippen LogP) is 6.04. The number of ether oxygens (including phenoxy) is 3. The fourth-order valence-electron chi connectivity index (χ4n) is 3.46. The van der Waals surface area contributed by atoms with Crippen molar-refractivity contribution < 1.29 is 23.9 Å². The van der Waals surface area contributed by atoms with Crippen LogP contribution in [0.4, 0.5) is 5.69 Å². The van der Waals surface area contributed by atoms with E-state index in [-0.39, 0.29) is 17.3 Å². The number of nitro benzene ring substituents is 1. The Hall–Kier alpha value is -3.00. The largest absolute Gasteiger partial charge is 0.493 e. The van der Waals surface area contributed by atoms with E-state index in [1.54, 1.807) is 32.2 Å². The molecular formula is C25H18I2N2O6. The average molecular weight is 696 g/mol. The fourth-order valence-corrected chi connectivity index (χ4v) is 4.79. The first kappa shape index (κ1) is 25.1. The van der Waals surface area contributed by atoms with Gasteiger partial charge in [-0.3, -0.25) is 10.1 Å². The van der Waals surface area contributed by atoms with Gasteiger partial charge in [0.2, 0.25) is 5.90 Å². The highest BCUT2D eigenvalue weighted by Crippen LogP contribution is 2.36. The van der Waals surface area contributed by atoms with Gasteiger partial charge in [0.15, 0.2) is 17.2 Å². The molecule has 0 radical (unpaired) electrons. The van der Waals surface area contributed by atoms with E-state index < -0.39 is 10.9 Å². The number of carbonyl (C=O) groups excluding carboxylic acids is 1. The quantitative estimate of drug-likeness (QED) is 0.0982. The lowest BCUT2D eigenvalue weighted by molar-refractivity contribution is -0.385. The number of halogens is 2. The lowest BCUT2D eigenvalue weighted by atomic mass is 10.1. The summed E-state index contributed by atoms with van der Waals surface area (Å²) in [6, 6.07) is 16.1. The van der Waals surface area contributed by atoms with Crippen LogP contribution in [-0.2, 0) is 16.1 Å². The molecule has 1 heterocycles. The molecule has 0 spiro atoms. The molecule has 178 valence electrons. The zero-order chi connectivity index (χ0) is 25.1. The van der Waals surface area contributed by atoms with E-state index >= 15 is 0 Å². The molecule has 1 aliphatic rings. The summed E-state index contributed by atoms with van der Waals surface area (Å²) in [6.07, 6.45) is 1.58. The number of benzene rings is 3. The molecule has 0 amide bonds. The summed E-state index contributed by atoms with van der Waals surface area (Å²) >= 11 is 4.42. The molecule has 10 heteroatoms. The predicted molar refractivity (Wildman–Crippen MR) is 148 cm³/mol. The third-order valence-electron chi connectivity index (χ3n) is 5.24. The highest BCUT2D eigenvalue weighted by Gasteiger charge is 2.27. The maximum atomic E-state index is 12.5. The smallest absolute Gasteiger partial charge is 0.363 e. The number of esters is 1. The molecule has 0 aromatic heterocycles. The van der Waals surface area contributed by atoms with Gasteiger partial charge in [0.05, 0.1) is 15.6 Å². The Morgan fingerprint density at radius 1 is 1.11 bits per heavy atom. The molecule has 8 nitrogen and oxygen atoms in total. The van der Waals surface area contributed by atoms with Crippen LogP contribution in [0, 0.1) is 24.2 Å². The number of carbonyl (C=O) groups is 1. The maximum absolute atomic E-state index is 12.5. The average Bonchev–Trinajstić information content (AvgIpc) is 3.18. The van der Waals surface area contributed by atoms with Gasteiger partial charge in [-0.2, -0.15) is 0 Å². The summed E-state index contributed by atoms with van der Waals surface area (Å²) in [6.45, 7) is 1.97. The van der Waals surface area contributed by atoms with Crippen LogP contribution in [0.2, 0.25) is 0 Å². The number of cyclic esters (lactones) is 1. The minimum atomic E-state index is -0.640. The summed E-state index contributed by atoms with van der Waals surface area (Å²) in [5, 5.41) is 11.2. The second-order valence-electron chi connectivity index (χ2n) is 7.46. The van der Waals surface area contributed by atoms with Crippen LogP contribution < -0.4 is 9.47 Å². The van der Waals surface area contributed by atoms with Crippen molar-refractivity contribution in [3.05, 3.63) is 99.8 Å². The van der Waals surface area contributed by atoms with Crippen LogP contribution in [0.25, 0.3) is 6.08 Å². The molecule has 0 saturated heterocycles. The Kier molecular flexibility index (Phi) is 7.69. The van der Waals surface area contributed by atoms with Gasteiger partial charge in [-0.15, -0.1) is 0 Å². The summed E-state index contributed by atoms with van der Waals surface area (Å²) in [7, 11) is 1.55. The standard InChI is InChI=1S/C25H18I2N2O6/c1-14-17(7-5-9-21(14)29(31)32)24-28-20(25(30)35-24)11-15-10-19(27)23(22(12-15)33-2)34-13-16-6-3-4-8-18(16)26/h3-12H,13H2,1-2H3/b20-11-. The fraction of sp³-hybridized carbons (Fsp3) is 0.120. The van der Waals surface area contributed by atoms with Crippen molar-refractivity contribution in [3.63, 3.8) is 0 Å². The van der Waals surface area contributed by atoms with Gasteiger partial charge < -0.3 is 14.2 Å². The summed E-state index contributed by atoms with van der Waals surface area (Å²) in [4.78, 5) is 27.6. The SMILES string of the molecule is COc1cc(/C=C2\N=C(c3cccc([N+](=O)[O-])c3C)OC2=O)cc(I)c1OCc1ccccc1I. The molecule has 0 unspecified atom stereocenters. The molecular weight excluding hydrogens is 678 g/mol. The number of nitro groups is 1. The van der Waals surface area contributed by atoms with E-state index in [0.29, 0.717) is 34.8 Å². The minimum Gasteiger partial charge on any atom is -0.493 e. The second kappa shape index (κ2) is 10.7. The van der Waals surface area contributed by atoms with Crippen molar-refractivity contribution >= 4 is 68.8 Å². The van der Waals surface area contributed by atoms with Crippen molar-refractivity contribution in [2.45, 2.75) is 13.5 Å². The Morgan fingerprint density at radius 3 is 2.60 bits per heavy atom. The van der Waals surface area contributed by atoms with Gasteiger partial charge >= 0.3 is 5.97 Å². The summed E-state index contributed by atoms with van der Waals surface area (Å²) < 4.78 is 18.8. The lowest BCUT2D eigenvalue weighted by Gasteiger charge is -2.14. The highest BCUT2D eigenvalue weighted by atomic mass is 127. The Morgan fingerprint density at radius 2 is 1.89 bits per heavy atom. The van der Waals surface area contributed by atoms with E-state index in [4.69, 9.17) is 14.2 Å². The Balaban J connectivity index is 1.63. The van der Waals surface area contributed by atoms with Crippen molar-refractivity contribution in [1.29, 1.82) is 0 Å². The van der Waals surface area contributed by atoms with Gasteiger partial charge in [-0.05, 0) is 88.0 Å². The number of aliphatic imine (C=N–C) groups is 1. The third-order valence-corrected chi connectivity index (χ3v) is 7.09. The van der Waals surface area contributed by atoms with Crippen molar-refractivity contribution in [1.82, 2.24) is 0 Å². The van der Waals surface area contributed by atoms with E-state index in [1.807, 2.05) is 30.3 Å². The monoisotopic (exact) mass is 696 g/mol. The molecule has 1 aliphatic heterocycles. The number of nitrogens with zero attached hydrogens (tertiary/aromatic N) is 2. The van der Waals surface area contributed by atoms with Gasteiger partial charge in [0, 0.05) is 26.3 Å². The first-order valence-electron chi connectivity index (χ1n) is 10.3. The van der Waals surface area contributed by atoms with E-state index in [1.165, 1.54) is 12.1 Å². The first-order chi connectivity index (χ1) is 16.8. The van der Waals surface area contributed by atoms with Crippen molar-refractivity contribution in [2.75, 3.05) is 7.11 Å². The Labute approximate surface area is 228 Å². The summed E-state index contributed by atoms with van der Waals surface area (Å²) in [5.74, 6) is 0.500. The van der Waals surface area contributed by atoms with Crippen LogP contribution in [0.15, 0.2) is 65.3 Å². The third kappa shape index (κ3) is 5.48. The van der Waals surface area contributed by atoms with Gasteiger partial charge in [0.1, 0.15) is 6.61 Å². The first-order valence-corrected chi connectivity index (χ1v) is 12.4. The van der Waals surface area contributed by atoms with Crippen LogP contribution in [0.3, 0.4) is 0 Å². The highest BCUT2D eigenvalue weighted by molar-refractivity contribution is 14.1. The van der Waals surface area contributed by atoms with Gasteiger partial charge in [0.25, 0.3) is 5.69 Å². The number of rotatable bonds is 7. The van der Waals surface area contributed by atoms with Crippen molar-refractivity contribution in [3.8, 4) is 11.5 Å². The number of hydrogen-bond donors (Lipinski definition) is 0. The minimum absolute atomic E-state index is 0.0292. The molecule has 0 fully saturated rings. The second-order valence-corrected chi connectivity index (χ2v) is 9.78. The van der Waals surface area contributed by atoms with Crippen LogP contribution in [-0.4, -0.2) is 23.9 Å². The molecule has 0 saturated carbocycles. The van der Waals surface area contributed by atoms with Gasteiger partial charge in [-0.1, -0.05) is 24.3 Å². The zero-order valence-electron chi connectivity index (χ0n) is 18.6. The van der Waals surface area contributed by atoms with Gasteiger partial charge in [-0.25, -0.2) is 9.79 Å². The molecule has 35 heavy (non-hydrogen) atoms. The summed E-state index contributed by atoms with van der Waals surface area (Å²) in [5.41, 5.74) is 2.50. The Bertz CT molecular complexity index is 1400. The molecule has 0 atom stereocenters. The molecule has 0 aliphatic carbocycles. The normalized spacial score (nSPS) is 14.0. The van der Waals surface area contributed by atoms with E-state index in [0.717, 1.165) is 12.7 Å². The zero-order valence-corrected chi connectivity index (χ0v) is 22.9.